The van der Waals surface area contributed by atoms with Gasteiger partial charge in [-0.05, 0) is 51.7 Å². The van der Waals surface area contributed by atoms with Gasteiger partial charge in [0.2, 0.25) is 12.1 Å². The van der Waals surface area contributed by atoms with Crippen LogP contribution in [0.3, 0.4) is 0 Å². The number of phenols is 2. The second-order valence-electron chi connectivity index (χ2n) is 11.4. The third-order valence-corrected chi connectivity index (χ3v) is 7.41. The fraction of sp³-hybridized carbons (Fsp3) is 0.750. The molecular formula is C28H49N2O4+. The number of ether oxygens (including phenoxy) is 1. The van der Waals surface area contributed by atoms with E-state index in [0.29, 0.717) is 17.9 Å². The maximum absolute atomic E-state index is 13.0. The molecule has 1 amide bonds. The van der Waals surface area contributed by atoms with Crippen molar-refractivity contribution < 1.29 is 24.2 Å². The van der Waals surface area contributed by atoms with E-state index in [2.05, 4.69) is 41.5 Å². The molecule has 0 aromatic heterocycles. The Balaban J connectivity index is 2.35. The fourth-order valence-electron chi connectivity index (χ4n) is 5.87. The standard InChI is InChI=1S/C28H48N2O4/c1-9-13-29(14-10-2)25(33)19-27(5,6)21-17-24(32)22(18-23(21)31)28(7,8)26-30(15-11-3,16-12-4)20-34-26/h17-18,26H,9-16,19-20H2,1-8H3,(H-,31,32)/p+1. The Hall–Kier alpha value is -1.79. The number of nitrogens with zero attached hydrogens (tertiary/aromatic N) is 2. The number of rotatable bonds is 13. The monoisotopic (exact) mass is 477 g/mol. The molecule has 34 heavy (non-hydrogen) atoms. The summed E-state index contributed by atoms with van der Waals surface area (Å²) in [6, 6.07) is 3.36. The van der Waals surface area contributed by atoms with Gasteiger partial charge in [-0.15, -0.1) is 0 Å². The van der Waals surface area contributed by atoms with E-state index in [0.717, 1.165) is 56.3 Å². The number of benzene rings is 1. The van der Waals surface area contributed by atoms with E-state index in [1.807, 2.05) is 18.7 Å². The van der Waals surface area contributed by atoms with Crippen molar-refractivity contribution in [1.82, 2.24) is 4.90 Å². The van der Waals surface area contributed by atoms with E-state index in [1.54, 1.807) is 12.1 Å². The Bertz CT molecular complexity index is 822. The molecule has 1 unspecified atom stereocenters. The van der Waals surface area contributed by atoms with E-state index in [9.17, 15) is 15.0 Å². The Labute approximate surface area is 207 Å². The summed E-state index contributed by atoms with van der Waals surface area (Å²) in [5.41, 5.74) is 0.192. The van der Waals surface area contributed by atoms with Crippen LogP contribution in [0.2, 0.25) is 0 Å². The average Bonchev–Trinajstić information content (AvgIpc) is 2.73. The van der Waals surface area contributed by atoms with Crippen LogP contribution in [0.4, 0.5) is 0 Å². The molecule has 1 fully saturated rings. The molecule has 1 atom stereocenters. The van der Waals surface area contributed by atoms with Crippen LogP contribution in [-0.4, -0.2) is 64.6 Å². The van der Waals surface area contributed by atoms with Gasteiger partial charge < -0.3 is 15.1 Å². The number of phenolic OH excluding ortho intramolecular Hbond substituents is 2. The lowest BCUT2D eigenvalue weighted by Gasteiger charge is -2.56. The number of carbonyl (C=O) groups is 1. The molecule has 194 valence electrons. The van der Waals surface area contributed by atoms with Crippen molar-refractivity contribution >= 4 is 5.91 Å². The van der Waals surface area contributed by atoms with E-state index >= 15 is 0 Å². The summed E-state index contributed by atoms with van der Waals surface area (Å²) in [4.78, 5) is 14.9. The third-order valence-electron chi connectivity index (χ3n) is 7.41. The van der Waals surface area contributed by atoms with E-state index in [1.165, 1.54) is 0 Å². The lowest BCUT2D eigenvalue weighted by Crippen LogP contribution is -2.72. The summed E-state index contributed by atoms with van der Waals surface area (Å²) in [6.45, 7) is 20.9. The van der Waals surface area contributed by atoms with Gasteiger partial charge in [0.05, 0.1) is 18.5 Å². The predicted octanol–water partition coefficient (Wildman–Crippen LogP) is 5.64. The van der Waals surface area contributed by atoms with Crippen LogP contribution in [0.1, 0.15) is 98.6 Å². The minimum atomic E-state index is -0.613. The minimum Gasteiger partial charge on any atom is -0.508 e. The zero-order chi connectivity index (χ0) is 25.7. The van der Waals surface area contributed by atoms with Gasteiger partial charge in [-0.2, -0.15) is 0 Å². The number of amides is 1. The maximum atomic E-state index is 13.0. The highest BCUT2D eigenvalue weighted by Crippen LogP contribution is 2.47. The molecular weight excluding hydrogens is 428 g/mol. The van der Waals surface area contributed by atoms with Crippen LogP contribution in [0.25, 0.3) is 0 Å². The normalized spacial score (nSPS) is 17.9. The first-order valence-corrected chi connectivity index (χ1v) is 13.2. The average molecular weight is 478 g/mol. The smallest absolute Gasteiger partial charge is 0.223 e. The molecule has 0 radical (unpaired) electrons. The first-order valence-electron chi connectivity index (χ1n) is 13.2. The second kappa shape index (κ2) is 11.3. The summed E-state index contributed by atoms with van der Waals surface area (Å²) in [7, 11) is 0. The van der Waals surface area contributed by atoms with Crippen molar-refractivity contribution in [3.05, 3.63) is 23.3 Å². The van der Waals surface area contributed by atoms with Crippen molar-refractivity contribution in [2.45, 2.75) is 105 Å². The van der Waals surface area contributed by atoms with Crippen molar-refractivity contribution in [3.8, 4) is 11.5 Å². The van der Waals surface area contributed by atoms with Crippen LogP contribution < -0.4 is 0 Å². The largest absolute Gasteiger partial charge is 0.508 e. The molecule has 1 aliphatic heterocycles. The first kappa shape index (κ1) is 28.4. The van der Waals surface area contributed by atoms with E-state index in [-0.39, 0.29) is 30.1 Å². The van der Waals surface area contributed by atoms with Crippen LogP contribution in [0, 0.1) is 0 Å². The highest BCUT2D eigenvalue weighted by Gasteiger charge is 2.56. The van der Waals surface area contributed by atoms with Gasteiger partial charge >= 0.3 is 0 Å². The number of carbonyl (C=O) groups excluding carboxylic acids is 1. The van der Waals surface area contributed by atoms with Crippen molar-refractivity contribution in [2.75, 3.05) is 32.9 Å². The number of quaternary nitrogens is 1. The van der Waals surface area contributed by atoms with Gasteiger partial charge in [-0.25, -0.2) is 0 Å². The van der Waals surface area contributed by atoms with Gasteiger partial charge in [0.1, 0.15) is 11.5 Å². The molecule has 0 aliphatic carbocycles. The number of aromatic hydroxyl groups is 2. The van der Waals surface area contributed by atoms with Crippen molar-refractivity contribution in [1.29, 1.82) is 0 Å². The molecule has 1 saturated heterocycles. The molecule has 1 heterocycles. The van der Waals surface area contributed by atoms with Gasteiger partial charge in [-0.1, -0.05) is 41.5 Å². The topological polar surface area (TPSA) is 70.0 Å². The highest BCUT2D eigenvalue weighted by atomic mass is 16.6. The highest BCUT2D eigenvalue weighted by molar-refractivity contribution is 5.78. The number of hydrogen-bond acceptors (Lipinski definition) is 4. The quantitative estimate of drug-likeness (QED) is 0.285. The Morgan fingerprint density at radius 3 is 1.88 bits per heavy atom. The predicted molar refractivity (Wildman–Crippen MR) is 138 cm³/mol. The Kier molecular flexibility index (Phi) is 9.45. The lowest BCUT2D eigenvalue weighted by molar-refractivity contribution is -1.06. The zero-order valence-corrected chi connectivity index (χ0v) is 22.9. The van der Waals surface area contributed by atoms with Crippen molar-refractivity contribution in [2.24, 2.45) is 0 Å². The summed E-state index contributed by atoms with van der Waals surface area (Å²) >= 11 is 0. The SMILES string of the molecule is CCCN(CCC)C(=O)CC(C)(C)c1cc(O)c(C(C)(C)C2OC[N+]2(CCC)CCC)cc1O. The molecule has 1 aliphatic rings. The number of hydrogen-bond donors (Lipinski definition) is 2. The first-order chi connectivity index (χ1) is 15.9. The molecule has 0 spiro atoms. The van der Waals surface area contributed by atoms with Crippen LogP contribution >= 0.6 is 0 Å². The summed E-state index contributed by atoms with van der Waals surface area (Å²) < 4.78 is 7.00. The van der Waals surface area contributed by atoms with Crippen LogP contribution in [-0.2, 0) is 20.4 Å². The van der Waals surface area contributed by atoms with Crippen LogP contribution in [0.5, 0.6) is 11.5 Å². The minimum absolute atomic E-state index is 0.0743. The zero-order valence-electron chi connectivity index (χ0n) is 22.9. The van der Waals surface area contributed by atoms with Gasteiger partial charge in [0.15, 0.2) is 6.73 Å². The summed E-state index contributed by atoms with van der Waals surface area (Å²) in [5.74, 6) is 0.361. The molecule has 1 aromatic rings. The maximum Gasteiger partial charge on any atom is 0.223 e. The fourth-order valence-corrected chi connectivity index (χ4v) is 5.87. The third kappa shape index (κ3) is 5.71. The van der Waals surface area contributed by atoms with Gasteiger partial charge in [0.25, 0.3) is 0 Å². The molecule has 2 N–H and O–H groups in total. The van der Waals surface area contributed by atoms with Gasteiger partial charge in [-0.3, -0.25) is 14.0 Å². The molecule has 2 rings (SSSR count). The van der Waals surface area contributed by atoms with E-state index in [4.69, 9.17) is 4.74 Å². The Morgan fingerprint density at radius 1 is 0.941 bits per heavy atom. The van der Waals surface area contributed by atoms with E-state index < -0.39 is 10.8 Å². The summed E-state index contributed by atoms with van der Waals surface area (Å²) in [6.07, 6.45) is 4.18. The van der Waals surface area contributed by atoms with Crippen molar-refractivity contribution in [3.63, 3.8) is 0 Å². The second-order valence-corrected chi connectivity index (χ2v) is 11.4. The molecule has 6 heteroatoms. The molecule has 0 saturated carbocycles. The molecule has 1 aromatic carbocycles. The van der Waals surface area contributed by atoms with Gasteiger partial charge in [0, 0.05) is 36.1 Å². The summed E-state index contributed by atoms with van der Waals surface area (Å²) in [5, 5.41) is 22.3. The Morgan fingerprint density at radius 2 is 1.44 bits per heavy atom. The van der Waals surface area contributed by atoms with Crippen LogP contribution in [0.15, 0.2) is 12.1 Å². The molecule has 0 bridgehead atoms. The lowest BCUT2D eigenvalue weighted by atomic mass is 9.75. The molecule has 6 nitrogen and oxygen atoms in total.